The van der Waals surface area contributed by atoms with Crippen LogP contribution in [0, 0.1) is 5.82 Å². The average Bonchev–Trinajstić information content (AvgIpc) is 2.30. The standard InChI is InChI=1S/C11H11BrClFO5S/c1-6(5-18-2)19-11(15)8-3-7(12)4-9(10(8)14)20(13,16)17/h3-4,6H,5H2,1-2H3. The third-order valence-electron chi connectivity index (χ3n) is 2.20. The molecule has 1 atom stereocenters. The summed E-state index contributed by atoms with van der Waals surface area (Å²) in [5.74, 6) is -2.26. The van der Waals surface area contributed by atoms with E-state index in [4.69, 9.17) is 20.2 Å². The molecule has 0 heterocycles. The summed E-state index contributed by atoms with van der Waals surface area (Å²) < 4.78 is 46.4. The first-order chi connectivity index (χ1) is 9.16. The molecule has 0 aliphatic carbocycles. The highest BCUT2D eigenvalue weighted by atomic mass is 79.9. The van der Waals surface area contributed by atoms with E-state index in [-0.39, 0.29) is 11.1 Å². The van der Waals surface area contributed by atoms with Gasteiger partial charge in [-0.25, -0.2) is 17.6 Å². The minimum atomic E-state index is -4.32. The monoisotopic (exact) mass is 388 g/mol. The number of carbonyl (C=O) groups is 1. The van der Waals surface area contributed by atoms with E-state index < -0.39 is 37.4 Å². The van der Waals surface area contributed by atoms with E-state index in [2.05, 4.69) is 15.9 Å². The normalized spacial score (nSPS) is 13.1. The molecule has 20 heavy (non-hydrogen) atoms. The first-order valence-electron chi connectivity index (χ1n) is 5.30. The Balaban J connectivity index is 3.19. The number of benzene rings is 1. The van der Waals surface area contributed by atoms with Crippen LogP contribution in [-0.2, 0) is 18.5 Å². The van der Waals surface area contributed by atoms with Gasteiger partial charge in [-0.05, 0) is 19.1 Å². The zero-order chi connectivity index (χ0) is 15.5. The molecule has 0 fully saturated rings. The molecule has 1 unspecified atom stereocenters. The van der Waals surface area contributed by atoms with Gasteiger partial charge >= 0.3 is 5.97 Å². The number of methoxy groups -OCH3 is 1. The number of halogens is 3. The fraction of sp³-hybridized carbons (Fsp3) is 0.364. The van der Waals surface area contributed by atoms with Crippen LogP contribution in [0.15, 0.2) is 21.5 Å². The van der Waals surface area contributed by atoms with Gasteiger partial charge < -0.3 is 9.47 Å². The third-order valence-corrected chi connectivity index (χ3v) is 3.98. The van der Waals surface area contributed by atoms with Crippen molar-refractivity contribution in [3.8, 4) is 0 Å². The predicted molar refractivity (Wildman–Crippen MR) is 73.9 cm³/mol. The Morgan fingerprint density at radius 1 is 1.50 bits per heavy atom. The molecular weight excluding hydrogens is 379 g/mol. The zero-order valence-electron chi connectivity index (χ0n) is 10.5. The van der Waals surface area contributed by atoms with Gasteiger partial charge in [0.05, 0.1) is 12.2 Å². The van der Waals surface area contributed by atoms with E-state index in [0.29, 0.717) is 0 Å². The molecule has 1 aromatic carbocycles. The molecule has 0 aliphatic heterocycles. The summed E-state index contributed by atoms with van der Waals surface area (Å²) in [7, 11) is 2.21. The van der Waals surface area contributed by atoms with Crippen molar-refractivity contribution in [1.29, 1.82) is 0 Å². The number of carbonyl (C=O) groups excluding carboxylic acids is 1. The summed E-state index contributed by atoms with van der Waals surface area (Å²) in [6.07, 6.45) is -0.609. The van der Waals surface area contributed by atoms with Crippen LogP contribution in [0.1, 0.15) is 17.3 Å². The molecular formula is C11H11BrClFO5S. The number of rotatable bonds is 5. The van der Waals surface area contributed by atoms with Gasteiger partial charge in [-0.15, -0.1) is 0 Å². The van der Waals surface area contributed by atoms with Crippen LogP contribution in [0.2, 0.25) is 0 Å². The Labute approximate surface area is 128 Å². The van der Waals surface area contributed by atoms with Crippen molar-refractivity contribution < 1.29 is 27.1 Å². The SMILES string of the molecule is COCC(C)OC(=O)c1cc(Br)cc(S(=O)(=O)Cl)c1F. The number of hydrogen-bond acceptors (Lipinski definition) is 5. The molecule has 0 aliphatic rings. The second-order valence-electron chi connectivity index (χ2n) is 3.87. The van der Waals surface area contributed by atoms with Crippen molar-refractivity contribution in [2.75, 3.05) is 13.7 Å². The fourth-order valence-electron chi connectivity index (χ4n) is 1.41. The largest absolute Gasteiger partial charge is 0.457 e. The van der Waals surface area contributed by atoms with Gasteiger partial charge in [-0.1, -0.05) is 15.9 Å². The molecule has 1 rings (SSSR count). The van der Waals surface area contributed by atoms with Gasteiger partial charge in [-0.2, -0.15) is 0 Å². The van der Waals surface area contributed by atoms with Crippen LogP contribution in [-0.4, -0.2) is 34.2 Å². The third kappa shape index (κ3) is 4.41. The van der Waals surface area contributed by atoms with Crippen molar-refractivity contribution in [2.45, 2.75) is 17.9 Å². The number of esters is 1. The molecule has 0 amide bonds. The Morgan fingerprint density at radius 3 is 2.60 bits per heavy atom. The molecule has 0 saturated carbocycles. The van der Waals surface area contributed by atoms with Crippen LogP contribution in [0.25, 0.3) is 0 Å². The maximum atomic E-state index is 14.0. The Bertz CT molecular complexity index is 619. The van der Waals surface area contributed by atoms with Crippen LogP contribution < -0.4 is 0 Å². The lowest BCUT2D eigenvalue weighted by atomic mass is 10.2. The van der Waals surface area contributed by atoms with Gasteiger partial charge in [-0.3, -0.25) is 0 Å². The van der Waals surface area contributed by atoms with Crippen molar-refractivity contribution >= 4 is 41.6 Å². The average molecular weight is 390 g/mol. The second-order valence-corrected chi connectivity index (χ2v) is 7.32. The lowest BCUT2D eigenvalue weighted by Crippen LogP contribution is -2.21. The van der Waals surface area contributed by atoms with Crippen LogP contribution in [0.4, 0.5) is 4.39 Å². The minimum Gasteiger partial charge on any atom is -0.457 e. The lowest BCUT2D eigenvalue weighted by Gasteiger charge is -2.13. The summed E-state index contributed by atoms with van der Waals surface area (Å²) in [5, 5.41) is 0. The highest BCUT2D eigenvalue weighted by molar-refractivity contribution is 9.10. The van der Waals surface area contributed by atoms with E-state index in [0.717, 1.165) is 12.1 Å². The maximum absolute atomic E-state index is 14.0. The highest BCUT2D eigenvalue weighted by Gasteiger charge is 2.25. The molecule has 0 N–H and O–H groups in total. The summed E-state index contributed by atoms with van der Waals surface area (Å²) in [5.41, 5.74) is -0.526. The Kier molecular flexibility index (Phi) is 5.93. The van der Waals surface area contributed by atoms with Crippen LogP contribution >= 0.6 is 26.6 Å². The molecule has 0 bridgehead atoms. The molecule has 1 aromatic rings. The smallest absolute Gasteiger partial charge is 0.341 e. The molecule has 0 saturated heterocycles. The molecule has 9 heteroatoms. The summed E-state index contributed by atoms with van der Waals surface area (Å²) in [4.78, 5) is 11.0. The van der Waals surface area contributed by atoms with E-state index in [9.17, 15) is 17.6 Å². The second kappa shape index (κ2) is 6.84. The van der Waals surface area contributed by atoms with Crippen molar-refractivity contribution in [2.24, 2.45) is 0 Å². The molecule has 112 valence electrons. The molecule has 0 radical (unpaired) electrons. The Hall–Kier alpha value is -0.700. The number of hydrogen-bond donors (Lipinski definition) is 0. The quantitative estimate of drug-likeness (QED) is 0.572. The van der Waals surface area contributed by atoms with Gasteiger partial charge in [0, 0.05) is 22.3 Å². The topological polar surface area (TPSA) is 69.7 Å². The predicted octanol–water partition coefficient (Wildman–Crippen LogP) is 2.71. The van der Waals surface area contributed by atoms with Crippen LogP contribution in [0.3, 0.4) is 0 Å². The lowest BCUT2D eigenvalue weighted by molar-refractivity contribution is 0.0115. The minimum absolute atomic E-state index is 0.127. The summed E-state index contributed by atoms with van der Waals surface area (Å²) in [6.45, 7) is 1.68. The van der Waals surface area contributed by atoms with Crippen molar-refractivity contribution in [3.63, 3.8) is 0 Å². The highest BCUT2D eigenvalue weighted by Crippen LogP contribution is 2.27. The van der Waals surface area contributed by atoms with Gasteiger partial charge in [0.15, 0.2) is 5.82 Å². The van der Waals surface area contributed by atoms with E-state index >= 15 is 0 Å². The fourth-order valence-corrected chi connectivity index (χ4v) is 2.94. The van der Waals surface area contributed by atoms with Gasteiger partial charge in [0.2, 0.25) is 0 Å². The first kappa shape index (κ1) is 17.4. The summed E-state index contributed by atoms with van der Waals surface area (Å²) in [6, 6.07) is 2.08. The zero-order valence-corrected chi connectivity index (χ0v) is 13.7. The van der Waals surface area contributed by atoms with E-state index in [1.165, 1.54) is 7.11 Å². The number of ether oxygens (including phenoxy) is 2. The molecule has 0 spiro atoms. The van der Waals surface area contributed by atoms with E-state index in [1.54, 1.807) is 6.92 Å². The van der Waals surface area contributed by atoms with Crippen molar-refractivity contribution in [1.82, 2.24) is 0 Å². The summed E-state index contributed by atoms with van der Waals surface area (Å²) >= 11 is 2.98. The van der Waals surface area contributed by atoms with Gasteiger partial charge in [0.25, 0.3) is 9.05 Å². The van der Waals surface area contributed by atoms with E-state index in [1.807, 2.05) is 0 Å². The molecule has 5 nitrogen and oxygen atoms in total. The van der Waals surface area contributed by atoms with Crippen LogP contribution in [0.5, 0.6) is 0 Å². The van der Waals surface area contributed by atoms with Crippen molar-refractivity contribution in [3.05, 3.63) is 28.0 Å². The Morgan fingerprint density at radius 2 is 2.10 bits per heavy atom. The first-order valence-corrected chi connectivity index (χ1v) is 8.40. The maximum Gasteiger partial charge on any atom is 0.341 e. The van der Waals surface area contributed by atoms with Gasteiger partial charge in [0.1, 0.15) is 11.0 Å². The molecule has 0 aromatic heterocycles.